The fourth-order valence-electron chi connectivity index (χ4n) is 1.45. The van der Waals surface area contributed by atoms with Crippen molar-refractivity contribution in [2.45, 2.75) is 26.4 Å². The molecular formula is C16H20O4. The third kappa shape index (κ3) is 6.85. The summed E-state index contributed by atoms with van der Waals surface area (Å²) in [5.41, 5.74) is 1.14. The Morgan fingerprint density at radius 1 is 1.15 bits per heavy atom. The van der Waals surface area contributed by atoms with Crippen molar-refractivity contribution in [1.29, 1.82) is 0 Å². The molecule has 20 heavy (non-hydrogen) atoms. The monoisotopic (exact) mass is 276 g/mol. The van der Waals surface area contributed by atoms with Gasteiger partial charge in [-0.1, -0.05) is 49.4 Å². The van der Waals surface area contributed by atoms with E-state index < -0.39 is 11.8 Å². The van der Waals surface area contributed by atoms with Gasteiger partial charge in [-0.15, -0.1) is 0 Å². The normalized spacial score (nSPS) is 10.7. The molecule has 0 amide bonds. The first-order valence-electron chi connectivity index (χ1n) is 6.70. The zero-order valence-electron chi connectivity index (χ0n) is 11.7. The maximum absolute atomic E-state index is 11.0. The second-order valence-electron chi connectivity index (χ2n) is 4.17. The maximum Gasteiger partial charge on any atom is 0.374 e. The molecule has 0 spiro atoms. The van der Waals surface area contributed by atoms with Gasteiger partial charge in [0, 0.05) is 6.42 Å². The van der Waals surface area contributed by atoms with E-state index in [-0.39, 0.29) is 13.0 Å². The van der Waals surface area contributed by atoms with Gasteiger partial charge in [-0.05, 0) is 12.0 Å². The molecule has 0 aromatic heterocycles. The third-order valence-corrected chi connectivity index (χ3v) is 2.57. The molecule has 4 nitrogen and oxygen atoms in total. The summed E-state index contributed by atoms with van der Waals surface area (Å²) in [4.78, 5) is 22.0. The fraction of sp³-hybridized carbons (Fsp3) is 0.375. The number of carbonyl (C=O) groups is 2. The highest BCUT2D eigenvalue weighted by molar-refractivity contribution is 6.33. The molecule has 108 valence electrons. The van der Waals surface area contributed by atoms with Gasteiger partial charge in [0.05, 0.1) is 13.2 Å². The number of ether oxygens (including phenoxy) is 2. The summed E-state index contributed by atoms with van der Waals surface area (Å²) in [6.45, 7) is 2.95. The standard InChI is InChI=1S/C16H20O4/c1-2-15(17)16(18)20-12-8-4-7-11-19-13-14-9-5-3-6-10-14/h3-6,8-10H,2,7,11-13H2,1H3/b8-4+. The fourth-order valence-corrected chi connectivity index (χ4v) is 1.45. The Morgan fingerprint density at radius 2 is 1.90 bits per heavy atom. The smallest absolute Gasteiger partial charge is 0.374 e. The Bertz CT molecular complexity index is 437. The Balaban J connectivity index is 2.02. The first-order chi connectivity index (χ1) is 9.74. The summed E-state index contributed by atoms with van der Waals surface area (Å²) in [7, 11) is 0. The van der Waals surface area contributed by atoms with Crippen LogP contribution in [0.4, 0.5) is 0 Å². The minimum atomic E-state index is -0.766. The first kappa shape index (κ1) is 16.1. The van der Waals surface area contributed by atoms with E-state index in [1.54, 1.807) is 13.0 Å². The van der Waals surface area contributed by atoms with Crippen molar-refractivity contribution in [2.24, 2.45) is 0 Å². The molecule has 0 atom stereocenters. The molecule has 0 unspecified atom stereocenters. The van der Waals surface area contributed by atoms with Gasteiger partial charge in [-0.25, -0.2) is 4.79 Å². The van der Waals surface area contributed by atoms with Crippen LogP contribution in [-0.2, 0) is 25.7 Å². The largest absolute Gasteiger partial charge is 0.456 e. The van der Waals surface area contributed by atoms with Crippen molar-refractivity contribution in [1.82, 2.24) is 0 Å². The number of benzene rings is 1. The lowest BCUT2D eigenvalue weighted by atomic mass is 10.2. The van der Waals surface area contributed by atoms with Crippen molar-refractivity contribution in [2.75, 3.05) is 13.2 Å². The maximum atomic E-state index is 11.0. The van der Waals surface area contributed by atoms with E-state index in [0.717, 1.165) is 12.0 Å². The Kier molecular flexibility index (Phi) is 7.99. The topological polar surface area (TPSA) is 52.6 Å². The molecule has 0 saturated carbocycles. The Hall–Kier alpha value is -1.94. The van der Waals surface area contributed by atoms with Crippen LogP contribution in [0.15, 0.2) is 42.5 Å². The molecule has 0 fully saturated rings. The SMILES string of the molecule is CCC(=O)C(=O)OC/C=C/CCOCc1ccccc1. The second-order valence-corrected chi connectivity index (χ2v) is 4.17. The summed E-state index contributed by atoms with van der Waals surface area (Å²) >= 11 is 0. The average Bonchev–Trinajstić information content (AvgIpc) is 2.49. The van der Waals surface area contributed by atoms with E-state index >= 15 is 0 Å². The molecular weight excluding hydrogens is 256 g/mol. The number of carbonyl (C=O) groups excluding carboxylic acids is 2. The summed E-state index contributed by atoms with van der Waals surface area (Å²) in [6.07, 6.45) is 4.50. The summed E-state index contributed by atoms with van der Waals surface area (Å²) < 4.78 is 10.2. The molecule has 1 rings (SSSR count). The van der Waals surface area contributed by atoms with Crippen molar-refractivity contribution >= 4 is 11.8 Å². The summed E-state index contributed by atoms with van der Waals surface area (Å²) in [5, 5.41) is 0. The number of esters is 1. The lowest BCUT2D eigenvalue weighted by Crippen LogP contribution is -2.16. The molecule has 0 aliphatic rings. The van der Waals surface area contributed by atoms with Gasteiger partial charge in [-0.2, -0.15) is 0 Å². The number of ketones is 1. The summed E-state index contributed by atoms with van der Waals surface area (Å²) in [5.74, 6) is -1.26. The van der Waals surface area contributed by atoms with Crippen molar-refractivity contribution in [3.63, 3.8) is 0 Å². The van der Waals surface area contributed by atoms with Gasteiger partial charge in [0.15, 0.2) is 0 Å². The number of rotatable bonds is 9. The van der Waals surface area contributed by atoms with Crippen LogP contribution in [0, 0.1) is 0 Å². The van der Waals surface area contributed by atoms with E-state index in [0.29, 0.717) is 13.2 Å². The molecule has 0 heterocycles. The highest BCUT2D eigenvalue weighted by atomic mass is 16.5. The number of hydrogen-bond acceptors (Lipinski definition) is 4. The van der Waals surface area contributed by atoms with Crippen LogP contribution in [0.1, 0.15) is 25.3 Å². The van der Waals surface area contributed by atoms with Crippen LogP contribution in [0.2, 0.25) is 0 Å². The van der Waals surface area contributed by atoms with E-state index in [9.17, 15) is 9.59 Å². The van der Waals surface area contributed by atoms with Gasteiger partial charge >= 0.3 is 5.97 Å². The first-order valence-corrected chi connectivity index (χ1v) is 6.70. The average molecular weight is 276 g/mol. The highest BCUT2D eigenvalue weighted by Gasteiger charge is 2.10. The van der Waals surface area contributed by atoms with Gasteiger partial charge in [0.25, 0.3) is 0 Å². The van der Waals surface area contributed by atoms with E-state index in [1.165, 1.54) is 0 Å². The van der Waals surface area contributed by atoms with Crippen molar-refractivity contribution in [3.05, 3.63) is 48.0 Å². The van der Waals surface area contributed by atoms with Crippen LogP contribution in [0.25, 0.3) is 0 Å². The molecule has 0 radical (unpaired) electrons. The van der Waals surface area contributed by atoms with Gasteiger partial charge in [0.2, 0.25) is 5.78 Å². The van der Waals surface area contributed by atoms with Crippen molar-refractivity contribution in [3.8, 4) is 0 Å². The molecule has 0 N–H and O–H groups in total. The van der Waals surface area contributed by atoms with E-state index in [1.807, 2.05) is 36.4 Å². The minimum absolute atomic E-state index is 0.128. The quantitative estimate of drug-likeness (QED) is 0.301. The molecule has 0 bridgehead atoms. The van der Waals surface area contributed by atoms with Crippen LogP contribution < -0.4 is 0 Å². The Labute approximate surface area is 119 Å². The molecule has 0 aliphatic carbocycles. The lowest BCUT2D eigenvalue weighted by molar-refractivity contribution is -0.152. The Morgan fingerprint density at radius 3 is 2.60 bits per heavy atom. The minimum Gasteiger partial charge on any atom is -0.456 e. The third-order valence-electron chi connectivity index (χ3n) is 2.57. The molecule has 0 saturated heterocycles. The molecule has 0 aliphatic heterocycles. The molecule has 1 aromatic carbocycles. The van der Waals surface area contributed by atoms with Crippen LogP contribution in [0.5, 0.6) is 0 Å². The second kappa shape index (κ2) is 9.92. The summed E-state index contributed by atoms with van der Waals surface area (Å²) in [6, 6.07) is 9.95. The van der Waals surface area contributed by atoms with Crippen molar-refractivity contribution < 1.29 is 19.1 Å². The van der Waals surface area contributed by atoms with E-state index in [2.05, 4.69) is 0 Å². The van der Waals surface area contributed by atoms with Gasteiger partial charge < -0.3 is 9.47 Å². The molecule has 1 aromatic rings. The zero-order valence-corrected chi connectivity index (χ0v) is 11.7. The van der Waals surface area contributed by atoms with Crippen LogP contribution in [-0.4, -0.2) is 25.0 Å². The predicted molar refractivity (Wildman–Crippen MR) is 76.1 cm³/mol. The van der Waals surface area contributed by atoms with E-state index in [4.69, 9.17) is 9.47 Å². The lowest BCUT2D eigenvalue weighted by Gasteiger charge is -2.02. The van der Waals surface area contributed by atoms with Gasteiger partial charge in [0.1, 0.15) is 6.61 Å². The highest BCUT2D eigenvalue weighted by Crippen LogP contribution is 2.00. The predicted octanol–water partition coefficient (Wildman–Crippen LogP) is 2.67. The van der Waals surface area contributed by atoms with Crippen LogP contribution in [0.3, 0.4) is 0 Å². The van der Waals surface area contributed by atoms with Crippen LogP contribution >= 0.6 is 0 Å². The number of Topliss-reactive ketones (excluding diaryl/α,β-unsaturated/α-hetero) is 1. The van der Waals surface area contributed by atoms with Gasteiger partial charge in [-0.3, -0.25) is 4.79 Å². The number of hydrogen-bond donors (Lipinski definition) is 0. The molecule has 4 heteroatoms. The zero-order chi connectivity index (χ0) is 14.6.